The Morgan fingerprint density at radius 1 is 1.35 bits per heavy atom. The van der Waals surface area contributed by atoms with Gasteiger partial charge in [0.15, 0.2) is 11.2 Å². The molecule has 8 nitrogen and oxygen atoms in total. The maximum atomic E-state index is 12.4. The molecule has 0 saturated heterocycles. The fourth-order valence-corrected chi connectivity index (χ4v) is 2.69. The average Bonchev–Trinajstić information content (AvgIpc) is 2.98. The van der Waals surface area contributed by atoms with Crippen molar-refractivity contribution in [1.82, 2.24) is 19.1 Å². The second-order valence-corrected chi connectivity index (χ2v) is 6.32. The van der Waals surface area contributed by atoms with Gasteiger partial charge in [0.1, 0.15) is 0 Å². The zero-order valence-corrected chi connectivity index (χ0v) is 15.5. The van der Waals surface area contributed by atoms with Crippen LogP contribution in [0.5, 0.6) is 0 Å². The van der Waals surface area contributed by atoms with Gasteiger partial charge in [0.2, 0.25) is 5.95 Å². The number of fused-ring (bicyclic) bond motifs is 1. The van der Waals surface area contributed by atoms with Gasteiger partial charge in [0, 0.05) is 17.8 Å². The van der Waals surface area contributed by atoms with Crippen LogP contribution in [0.2, 0.25) is 5.02 Å². The van der Waals surface area contributed by atoms with Gasteiger partial charge in [-0.05, 0) is 25.0 Å². The Balaban J connectivity index is 2.23. The fraction of sp³-hybridized carbons (Fsp3) is 0.294. The Kier molecular flexibility index (Phi) is 4.94. The number of imidazole rings is 1. The molecule has 2 heterocycles. The molecule has 0 radical (unpaired) electrons. The summed E-state index contributed by atoms with van der Waals surface area (Å²) in [4.78, 5) is 31.0. The molecular formula is C17H19ClN6O2. The van der Waals surface area contributed by atoms with E-state index in [0.29, 0.717) is 17.5 Å². The van der Waals surface area contributed by atoms with Crippen LogP contribution in [0.3, 0.4) is 0 Å². The minimum absolute atomic E-state index is 0.276. The lowest BCUT2D eigenvalue weighted by Crippen LogP contribution is -2.29. The molecule has 0 aliphatic rings. The number of hydrogen-bond donors (Lipinski definition) is 2. The van der Waals surface area contributed by atoms with Crippen LogP contribution in [-0.2, 0) is 13.6 Å². The van der Waals surface area contributed by atoms with Crippen LogP contribution in [0.1, 0.15) is 25.8 Å². The van der Waals surface area contributed by atoms with Crippen molar-refractivity contribution in [1.29, 1.82) is 0 Å². The Labute approximate surface area is 154 Å². The maximum absolute atomic E-state index is 12.4. The summed E-state index contributed by atoms with van der Waals surface area (Å²) in [6.45, 7) is 4.18. The van der Waals surface area contributed by atoms with E-state index in [1.165, 1.54) is 4.57 Å². The molecule has 0 bridgehead atoms. The lowest BCUT2D eigenvalue weighted by molar-refractivity contribution is 0.808. The van der Waals surface area contributed by atoms with E-state index in [4.69, 9.17) is 11.6 Å². The number of aryl methyl sites for hydroxylation is 1. The van der Waals surface area contributed by atoms with Gasteiger partial charge < -0.3 is 0 Å². The summed E-state index contributed by atoms with van der Waals surface area (Å²) in [5.74, 6) is 0.361. The second-order valence-electron chi connectivity index (χ2n) is 5.92. The van der Waals surface area contributed by atoms with Crippen LogP contribution in [-0.4, -0.2) is 24.8 Å². The Bertz CT molecular complexity index is 1110. The van der Waals surface area contributed by atoms with Crippen molar-refractivity contribution in [3.05, 3.63) is 55.7 Å². The van der Waals surface area contributed by atoms with Gasteiger partial charge in [-0.25, -0.2) is 10.2 Å². The molecule has 0 aliphatic heterocycles. The van der Waals surface area contributed by atoms with E-state index in [1.807, 2.05) is 32.0 Å². The molecule has 9 heteroatoms. The second kappa shape index (κ2) is 7.17. The minimum Gasteiger partial charge on any atom is -0.298 e. The molecule has 0 unspecified atom stereocenters. The van der Waals surface area contributed by atoms with Gasteiger partial charge in [-0.15, -0.1) is 0 Å². The molecule has 1 aromatic carbocycles. The van der Waals surface area contributed by atoms with E-state index in [0.717, 1.165) is 17.7 Å². The van der Waals surface area contributed by atoms with E-state index >= 15 is 0 Å². The molecule has 0 saturated carbocycles. The number of rotatable bonds is 5. The van der Waals surface area contributed by atoms with Gasteiger partial charge in [-0.3, -0.25) is 18.9 Å². The first-order chi connectivity index (χ1) is 12.4. The topological polar surface area (TPSA) is 97.1 Å². The van der Waals surface area contributed by atoms with E-state index in [-0.39, 0.29) is 11.2 Å². The summed E-state index contributed by atoms with van der Waals surface area (Å²) in [6.07, 6.45) is 0.775. The zero-order valence-electron chi connectivity index (χ0n) is 14.7. The van der Waals surface area contributed by atoms with Crippen LogP contribution >= 0.6 is 11.6 Å². The molecule has 136 valence electrons. The number of anilines is 1. The molecule has 26 heavy (non-hydrogen) atoms. The van der Waals surface area contributed by atoms with Crippen molar-refractivity contribution in [2.75, 3.05) is 5.43 Å². The quantitative estimate of drug-likeness (QED) is 0.529. The van der Waals surface area contributed by atoms with Crippen LogP contribution in [0, 0.1) is 0 Å². The van der Waals surface area contributed by atoms with Crippen molar-refractivity contribution in [2.24, 2.45) is 12.1 Å². The van der Waals surface area contributed by atoms with Gasteiger partial charge in [-0.2, -0.15) is 10.1 Å². The Morgan fingerprint density at radius 3 is 2.77 bits per heavy atom. The van der Waals surface area contributed by atoms with Crippen LogP contribution in [0.4, 0.5) is 5.95 Å². The molecule has 2 aromatic heterocycles. The molecule has 0 fully saturated rings. The van der Waals surface area contributed by atoms with Crippen LogP contribution in [0.25, 0.3) is 11.2 Å². The highest BCUT2D eigenvalue weighted by Crippen LogP contribution is 2.21. The molecule has 0 atom stereocenters. The molecule has 3 rings (SSSR count). The standard InChI is InChI=1S/C17H19ClN6O2/c1-4-10(2)21-22-16-19-14-13(15(25)20-17(26)23(14)3)24(16)9-11-7-5-6-8-12(11)18/h5-8H,4,9H2,1-3H3,(H,19,22)(H,20,25,26)/b21-10-. The van der Waals surface area contributed by atoms with Crippen LogP contribution < -0.4 is 16.7 Å². The van der Waals surface area contributed by atoms with E-state index in [2.05, 4.69) is 20.5 Å². The molecule has 3 aromatic rings. The molecule has 0 spiro atoms. The third-order valence-corrected chi connectivity index (χ3v) is 4.52. The number of aromatic nitrogens is 4. The van der Waals surface area contributed by atoms with Gasteiger partial charge in [0.25, 0.3) is 5.56 Å². The van der Waals surface area contributed by atoms with Crippen molar-refractivity contribution in [3.63, 3.8) is 0 Å². The lowest BCUT2D eigenvalue weighted by Gasteiger charge is -2.10. The maximum Gasteiger partial charge on any atom is 0.329 e. The fourth-order valence-electron chi connectivity index (χ4n) is 2.50. The van der Waals surface area contributed by atoms with Crippen molar-refractivity contribution < 1.29 is 0 Å². The summed E-state index contributed by atoms with van der Waals surface area (Å²) in [6, 6.07) is 7.35. The monoisotopic (exact) mass is 374 g/mol. The minimum atomic E-state index is -0.523. The number of aromatic amines is 1. The summed E-state index contributed by atoms with van der Waals surface area (Å²) < 4.78 is 2.96. The number of nitrogens with zero attached hydrogens (tertiary/aromatic N) is 4. The smallest absolute Gasteiger partial charge is 0.298 e. The Morgan fingerprint density at radius 2 is 2.08 bits per heavy atom. The van der Waals surface area contributed by atoms with E-state index in [1.54, 1.807) is 17.7 Å². The lowest BCUT2D eigenvalue weighted by atomic mass is 10.2. The molecule has 2 N–H and O–H groups in total. The first kappa shape index (κ1) is 17.9. The largest absolute Gasteiger partial charge is 0.329 e. The number of H-pyrrole nitrogens is 1. The van der Waals surface area contributed by atoms with Crippen molar-refractivity contribution in [2.45, 2.75) is 26.8 Å². The molecule has 0 aliphatic carbocycles. The normalized spacial score (nSPS) is 11.9. The average molecular weight is 375 g/mol. The number of hydrogen-bond acceptors (Lipinski definition) is 5. The van der Waals surface area contributed by atoms with Crippen molar-refractivity contribution in [3.8, 4) is 0 Å². The predicted octanol–water partition coefficient (Wildman–Crippen LogP) is 2.32. The first-order valence-corrected chi connectivity index (χ1v) is 8.52. The molecule has 0 amide bonds. The third-order valence-electron chi connectivity index (χ3n) is 4.15. The highest BCUT2D eigenvalue weighted by atomic mass is 35.5. The van der Waals surface area contributed by atoms with Gasteiger partial charge in [-0.1, -0.05) is 36.7 Å². The number of halogens is 1. The summed E-state index contributed by atoms with van der Waals surface area (Å²) in [7, 11) is 1.55. The predicted molar refractivity (Wildman–Crippen MR) is 103 cm³/mol. The van der Waals surface area contributed by atoms with Gasteiger partial charge >= 0.3 is 5.69 Å². The first-order valence-electron chi connectivity index (χ1n) is 8.14. The summed E-state index contributed by atoms with van der Waals surface area (Å²) in [5.41, 5.74) is 4.12. The Hall–Kier alpha value is -2.87. The third kappa shape index (κ3) is 3.28. The highest BCUT2D eigenvalue weighted by molar-refractivity contribution is 6.31. The van der Waals surface area contributed by atoms with Crippen LogP contribution in [0.15, 0.2) is 39.0 Å². The number of benzene rings is 1. The van der Waals surface area contributed by atoms with E-state index < -0.39 is 11.2 Å². The summed E-state index contributed by atoms with van der Waals surface area (Å²) in [5, 5.41) is 4.84. The SMILES string of the molecule is CC/C(C)=N\Nc1nc2c(c(=O)[nH]c(=O)n2C)n1Cc1ccccc1Cl. The van der Waals surface area contributed by atoms with Gasteiger partial charge in [0.05, 0.1) is 6.54 Å². The van der Waals surface area contributed by atoms with Crippen molar-refractivity contribution >= 4 is 34.4 Å². The highest BCUT2D eigenvalue weighted by Gasteiger charge is 2.18. The number of hydrazone groups is 1. The number of nitrogens with one attached hydrogen (secondary N) is 2. The van der Waals surface area contributed by atoms with E-state index in [9.17, 15) is 9.59 Å². The summed E-state index contributed by atoms with van der Waals surface area (Å²) >= 11 is 6.27. The molecular weight excluding hydrogens is 356 g/mol. The zero-order chi connectivity index (χ0) is 18.8.